The number of carboxylic acids is 1. The number of carbonyl (C=O) groups excluding carboxylic acids is 1. The Balaban J connectivity index is 3.20. The number of hydrogen-bond acceptors (Lipinski definition) is 3. The molecule has 0 spiro atoms. The molecule has 2 atom stereocenters. The summed E-state index contributed by atoms with van der Waals surface area (Å²) in [5.41, 5.74) is -0.00193. The van der Waals surface area contributed by atoms with Gasteiger partial charge in [0, 0.05) is 23.5 Å². The van der Waals surface area contributed by atoms with Crippen LogP contribution in [0.1, 0.15) is 48.0 Å². The van der Waals surface area contributed by atoms with Crippen LogP contribution in [0, 0.1) is 5.41 Å². The lowest BCUT2D eigenvalue weighted by Crippen LogP contribution is -2.51. The second kappa shape index (κ2) is 6.32. The van der Waals surface area contributed by atoms with E-state index in [0.717, 1.165) is 6.08 Å². The largest absolute Gasteiger partial charge is 0.478 e. The number of alkyl halides is 1. The van der Waals surface area contributed by atoms with Gasteiger partial charge in [-0.05, 0) is 38.8 Å². The lowest BCUT2D eigenvalue weighted by atomic mass is 9.63. The van der Waals surface area contributed by atoms with E-state index in [-0.39, 0.29) is 24.4 Å². The zero-order valence-electron chi connectivity index (χ0n) is 14.1. The van der Waals surface area contributed by atoms with Gasteiger partial charge in [0.1, 0.15) is 6.17 Å². The SMILES string of the molecule is CC1=C(C(C)F)C(=O)CC(C)(C)C1(C)OC/C(C)=C\C(=O)O. The average Bonchev–Trinajstić information content (AvgIpc) is 2.32. The van der Waals surface area contributed by atoms with Crippen molar-refractivity contribution in [2.75, 3.05) is 6.61 Å². The van der Waals surface area contributed by atoms with Crippen molar-refractivity contribution < 1.29 is 23.8 Å². The van der Waals surface area contributed by atoms with Crippen molar-refractivity contribution in [3.63, 3.8) is 0 Å². The van der Waals surface area contributed by atoms with Crippen LogP contribution in [0.5, 0.6) is 0 Å². The van der Waals surface area contributed by atoms with Crippen molar-refractivity contribution in [3.8, 4) is 0 Å². The van der Waals surface area contributed by atoms with Gasteiger partial charge in [0.05, 0.1) is 12.2 Å². The Morgan fingerprint density at radius 2 is 2.00 bits per heavy atom. The number of ether oxygens (including phenoxy) is 1. The first kappa shape index (κ1) is 18.6. The molecular weight excluding hydrogens is 287 g/mol. The van der Waals surface area contributed by atoms with Gasteiger partial charge in [-0.1, -0.05) is 13.8 Å². The number of carbonyl (C=O) groups is 2. The van der Waals surface area contributed by atoms with Crippen molar-refractivity contribution >= 4 is 11.8 Å². The molecule has 5 heteroatoms. The predicted molar refractivity (Wildman–Crippen MR) is 82.4 cm³/mol. The fourth-order valence-electron chi connectivity index (χ4n) is 2.97. The van der Waals surface area contributed by atoms with Gasteiger partial charge in [0.25, 0.3) is 0 Å². The van der Waals surface area contributed by atoms with Gasteiger partial charge in [0.15, 0.2) is 5.78 Å². The van der Waals surface area contributed by atoms with E-state index >= 15 is 0 Å². The molecule has 1 aliphatic rings. The molecular formula is C17H25FO4. The van der Waals surface area contributed by atoms with E-state index in [2.05, 4.69) is 0 Å². The molecule has 0 heterocycles. The predicted octanol–water partition coefficient (Wildman–Crippen LogP) is 3.47. The highest BCUT2D eigenvalue weighted by atomic mass is 19.1. The summed E-state index contributed by atoms with van der Waals surface area (Å²) in [6.07, 6.45) is -0.0593. The minimum atomic E-state index is -1.35. The van der Waals surface area contributed by atoms with E-state index < -0.39 is 23.2 Å². The highest BCUT2D eigenvalue weighted by Crippen LogP contribution is 2.48. The van der Waals surface area contributed by atoms with Crippen LogP contribution in [-0.4, -0.2) is 35.2 Å². The third-order valence-electron chi connectivity index (χ3n) is 4.67. The Kier molecular flexibility index (Phi) is 5.34. The minimum Gasteiger partial charge on any atom is -0.478 e. The van der Waals surface area contributed by atoms with Crippen molar-refractivity contribution in [1.29, 1.82) is 0 Å². The lowest BCUT2D eigenvalue weighted by Gasteiger charge is -2.48. The van der Waals surface area contributed by atoms with Crippen molar-refractivity contribution in [3.05, 3.63) is 22.8 Å². The number of carboxylic acid groups (broad SMARTS) is 1. The zero-order chi connectivity index (χ0) is 17.3. The summed E-state index contributed by atoms with van der Waals surface area (Å²) in [6, 6.07) is 0. The Hall–Kier alpha value is -1.49. The Morgan fingerprint density at radius 3 is 2.45 bits per heavy atom. The van der Waals surface area contributed by atoms with Crippen LogP contribution in [0.2, 0.25) is 0 Å². The highest BCUT2D eigenvalue weighted by molar-refractivity contribution is 5.99. The van der Waals surface area contributed by atoms with Crippen LogP contribution in [-0.2, 0) is 14.3 Å². The molecule has 0 bridgehead atoms. The van der Waals surface area contributed by atoms with Crippen LogP contribution >= 0.6 is 0 Å². The summed E-state index contributed by atoms with van der Waals surface area (Å²) in [5, 5.41) is 8.75. The van der Waals surface area contributed by atoms with E-state index in [1.807, 2.05) is 20.8 Å². The highest BCUT2D eigenvalue weighted by Gasteiger charge is 2.50. The van der Waals surface area contributed by atoms with E-state index in [0.29, 0.717) is 11.1 Å². The molecule has 0 fully saturated rings. The maximum atomic E-state index is 13.8. The molecule has 0 aliphatic heterocycles. The first-order valence-electron chi connectivity index (χ1n) is 7.35. The van der Waals surface area contributed by atoms with E-state index in [1.165, 1.54) is 6.92 Å². The normalized spacial score (nSPS) is 27.0. The van der Waals surface area contributed by atoms with Crippen LogP contribution in [0.25, 0.3) is 0 Å². The molecule has 0 aromatic heterocycles. The van der Waals surface area contributed by atoms with Crippen LogP contribution in [0.4, 0.5) is 4.39 Å². The zero-order valence-corrected chi connectivity index (χ0v) is 14.1. The first-order chi connectivity index (χ1) is 9.92. The summed E-state index contributed by atoms with van der Waals surface area (Å²) in [4.78, 5) is 22.9. The van der Waals surface area contributed by atoms with Crippen LogP contribution < -0.4 is 0 Å². The number of rotatable bonds is 5. The number of Topliss-reactive ketones (excluding diaryl/α,β-unsaturated/α-hetero) is 1. The molecule has 1 aliphatic carbocycles. The molecule has 0 amide bonds. The summed E-state index contributed by atoms with van der Waals surface area (Å²) in [6.45, 7) is 10.5. The van der Waals surface area contributed by atoms with Gasteiger partial charge in [-0.3, -0.25) is 4.79 Å². The molecule has 0 aromatic rings. The van der Waals surface area contributed by atoms with Crippen molar-refractivity contribution in [1.82, 2.24) is 0 Å². The molecule has 1 N–H and O–H groups in total. The number of hydrogen-bond donors (Lipinski definition) is 1. The second-order valence-electron chi connectivity index (χ2n) is 6.79. The summed E-state index contributed by atoms with van der Waals surface area (Å²) in [7, 11) is 0. The fourth-order valence-corrected chi connectivity index (χ4v) is 2.97. The Labute approximate surface area is 131 Å². The Morgan fingerprint density at radius 1 is 1.45 bits per heavy atom. The molecule has 4 nitrogen and oxygen atoms in total. The maximum Gasteiger partial charge on any atom is 0.328 e. The van der Waals surface area contributed by atoms with Crippen LogP contribution in [0.3, 0.4) is 0 Å². The van der Waals surface area contributed by atoms with E-state index in [9.17, 15) is 14.0 Å². The second-order valence-corrected chi connectivity index (χ2v) is 6.79. The molecule has 0 radical (unpaired) electrons. The van der Waals surface area contributed by atoms with Gasteiger partial charge >= 0.3 is 5.97 Å². The van der Waals surface area contributed by atoms with E-state index in [1.54, 1.807) is 13.8 Å². The first-order valence-corrected chi connectivity index (χ1v) is 7.35. The lowest BCUT2D eigenvalue weighted by molar-refractivity contribution is -0.131. The van der Waals surface area contributed by atoms with E-state index in [4.69, 9.17) is 9.84 Å². The molecule has 124 valence electrons. The van der Waals surface area contributed by atoms with Crippen LogP contribution in [0.15, 0.2) is 22.8 Å². The quantitative estimate of drug-likeness (QED) is 0.790. The van der Waals surface area contributed by atoms with Gasteiger partial charge in [-0.25, -0.2) is 9.18 Å². The molecule has 1 rings (SSSR count). The van der Waals surface area contributed by atoms with Gasteiger partial charge in [-0.2, -0.15) is 0 Å². The van der Waals surface area contributed by atoms with Crippen molar-refractivity contribution in [2.24, 2.45) is 5.41 Å². The maximum absolute atomic E-state index is 13.8. The number of ketones is 1. The third-order valence-corrected chi connectivity index (χ3v) is 4.67. The number of halogens is 1. The average molecular weight is 312 g/mol. The molecule has 22 heavy (non-hydrogen) atoms. The minimum absolute atomic E-state index is 0.117. The third kappa shape index (κ3) is 3.46. The fraction of sp³-hybridized carbons (Fsp3) is 0.647. The van der Waals surface area contributed by atoms with Gasteiger partial charge in [-0.15, -0.1) is 0 Å². The summed E-state index contributed by atoms with van der Waals surface area (Å²) < 4.78 is 19.8. The topological polar surface area (TPSA) is 63.6 Å². The Bertz CT molecular complexity index is 543. The smallest absolute Gasteiger partial charge is 0.328 e. The van der Waals surface area contributed by atoms with Gasteiger partial charge < -0.3 is 9.84 Å². The standard InChI is InChI=1S/C17H25FO4/c1-10(7-14(20)21)9-22-17(6)11(2)15(12(3)18)13(19)8-16(17,4)5/h7,12H,8-9H2,1-6H3,(H,20,21)/b10-7-. The summed E-state index contributed by atoms with van der Waals surface area (Å²) >= 11 is 0. The van der Waals surface area contributed by atoms with Crippen molar-refractivity contribution in [2.45, 2.75) is 59.7 Å². The van der Waals surface area contributed by atoms with Gasteiger partial charge in [0.2, 0.25) is 0 Å². The molecule has 2 unspecified atom stereocenters. The number of aliphatic carboxylic acids is 1. The molecule has 0 aromatic carbocycles. The molecule has 0 saturated heterocycles. The number of allylic oxidation sites excluding steroid dienone is 1. The monoisotopic (exact) mass is 312 g/mol. The summed E-state index contributed by atoms with van der Waals surface area (Å²) in [5.74, 6) is -1.22. The molecule has 0 saturated carbocycles.